The van der Waals surface area contributed by atoms with Crippen molar-refractivity contribution in [2.75, 3.05) is 25.1 Å². The Kier molecular flexibility index (Phi) is 7.77. The van der Waals surface area contributed by atoms with Crippen LogP contribution in [0.4, 0.5) is 5.69 Å². The first-order valence-electron chi connectivity index (χ1n) is 9.64. The highest BCUT2D eigenvalue weighted by Gasteiger charge is 2.29. The van der Waals surface area contributed by atoms with Crippen LogP contribution in [0.3, 0.4) is 0 Å². The van der Waals surface area contributed by atoms with Crippen molar-refractivity contribution in [1.82, 2.24) is 5.43 Å². The van der Waals surface area contributed by atoms with Gasteiger partial charge in [-0.25, -0.2) is 13.8 Å². The monoisotopic (exact) mass is 535 g/mol. The van der Waals surface area contributed by atoms with Gasteiger partial charge >= 0.3 is 0 Å². The summed E-state index contributed by atoms with van der Waals surface area (Å²) in [6, 6.07) is 14.1. The van der Waals surface area contributed by atoms with Gasteiger partial charge in [0.1, 0.15) is 29.6 Å². The molecule has 0 atom stereocenters. The Balaban J connectivity index is 1.91. The van der Waals surface area contributed by atoms with Crippen molar-refractivity contribution in [3.05, 3.63) is 70.6 Å². The fourth-order valence-electron chi connectivity index (χ4n) is 2.89. The molecule has 1 amide bonds. The van der Waals surface area contributed by atoms with Gasteiger partial charge in [-0.2, -0.15) is 5.10 Å². The molecule has 9 nitrogen and oxygen atoms in total. The number of aryl methyl sites for hydroxylation is 1. The van der Waals surface area contributed by atoms with E-state index >= 15 is 0 Å². The second-order valence-electron chi connectivity index (χ2n) is 6.71. The fraction of sp³-hybridized carbons (Fsp3) is 0.182. The Bertz CT molecular complexity index is 1240. The molecule has 0 aliphatic heterocycles. The fourth-order valence-corrected chi connectivity index (χ4v) is 4.65. The lowest BCUT2D eigenvalue weighted by Gasteiger charge is -2.25. The number of hydrazone groups is 1. The Hall–Kier alpha value is -3.31. The van der Waals surface area contributed by atoms with E-state index in [1.54, 1.807) is 37.3 Å². The smallest absolute Gasteiger partial charge is 0.264 e. The first-order chi connectivity index (χ1) is 15.8. The lowest BCUT2D eigenvalue weighted by atomic mass is 10.2. The maximum absolute atomic E-state index is 13.4. The quantitative estimate of drug-likeness (QED) is 0.330. The Labute approximate surface area is 200 Å². The van der Waals surface area contributed by atoms with Crippen molar-refractivity contribution in [1.29, 1.82) is 0 Å². The van der Waals surface area contributed by atoms with Crippen LogP contribution >= 0.6 is 15.9 Å². The first-order valence-corrected chi connectivity index (χ1v) is 11.9. The number of sulfonamides is 1. The largest absolute Gasteiger partial charge is 0.497 e. The third-order valence-electron chi connectivity index (χ3n) is 4.53. The van der Waals surface area contributed by atoms with Gasteiger partial charge in [0.2, 0.25) is 0 Å². The molecule has 1 aromatic heterocycles. The van der Waals surface area contributed by atoms with Gasteiger partial charge in [0.25, 0.3) is 15.9 Å². The molecule has 0 saturated heterocycles. The number of methoxy groups -OCH3 is 2. The number of amides is 1. The zero-order valence-electron chi connectivity index (χ0n) is 18.1. The van der Waals surface area contributed by atoms with Crippen molar-refractivity contribution in [3.63, 3.8) is 0 Å². The first kappa shape index (κ1) is 24.3. The molecular weight excluding hydrogens is 514 g/mol. The van der Waals surface area contributed by atoms with Gasteiger partial charge in [0.05, 0.1) is 35.5 Å². The number of halogens is 1. The van der Waals surface area contributed by atoms with E-state index in [0.717, 1.165) is 8.78 Å². The Morgan fingerprint density at radius 1 is 1.15 bits per heavy atom. The molecule has 0 radical (unpaired) electrons. The number of benzene rings is 2. The van der Waals surface area contributed by atoms with E-state index in [0.29, 0.717) is 17.3 Å². The summed E-state index contributed by atoms with van der Waals surface area (Å²) in [6.45, 7) is 1.23. The molecule has 0 aliphatic carbocycles. The van der Waals surface area contributed by atoms with Crippen LogP contribution in [0.5, 0.6) is 11.5 Å². The van der Waals surface area contributed by atoms with E-state index in [-0.39, 0.29) is 16.3 Å². The maximum Gasteiger partial charge on any atom is 0.264 e. The van der Waals surface area contributed by atoms with E-state index < -0.39 is 22.5 Å². The minimum absolute atomic E-state index is 0.0232. The van der Waals surface area contributed by atoms with Gasteiger partial charge in [-0.1, -0.05) is 18.2 Å². The van der Waals surface area contributed by atoms with E-state index in [1.807, 2.05) is 0 Å². The van der Waals surface area contributed by atoms with Gasteiger partial charge in [0.15, 0.2) is 0 Å². The Morgan fingerprint density at radius 3 is 2.48 bits per heavy atom. The highest BCUT2D eigenvalue weighted by Crippen LogP contribution is 2.35. The topological polar surface area (TPSA) is 110 Å². The van der Waals surface area contributed by atoms with Gasteiger partial charge in [-0.05, 0) is 47.1 Å². The predicted octanol–water partition coefficient (Wildman–Crippen LogP) is 3.71. The highest BCUT2D eigenvalue weighted by atomic mass is 79.9. The standard InChI is InChI=1S/C22H22BrN3O6S/c1-15-19(23)11-17(32-15)13-24-25-22(27)14-26(33(28,29)18-7-5-4-6-8-18)20-10-9-16(30-2)12-21(20)31-3/h4-13H,14H2,1-3H3,(H,25,27)/b24-13+. The number of ether oxygens (including phenoxy) is 2. The third-order valence-corrected chi connectivity index (χ3v) is 7.09. The van der Waals surface area contributed by atoms with Gasteiger partial charge in [-0.15, -0.1) is 0 Å². The van der Waals surface area contributed by atoms with E-state index in [4.69, 9.17) is 13.9 Å². The second kappa shape index (κ2) is 10.5. The number of hydrogen-bond acceptors (Lipinski definition) is 7. The molecule has 2 aromatic carbocycles. The van der Waals surface area contributed by atoms with Crippen molar-refractivity contribution in [2.45, 2.75) is 11.8 Å². The van der Waals surface area contributed by atoms with Crippen LogP contribution in [0.2, 0.25) is 0 Å². The molecule has 33 heavy (non-hydrogen) atoms. The molecule has 0 bridgehead atoms. The normalized spacial score (nSPS) is 11.4. The van der Waals surface area contributed by atoms with Crippen LogP contribution in [0.1, 0.15) is 11.5 Å². The third kappa shape index (κ3) is 5.74. The minimum Gasteiger partial charge on any atom is -0.497 e. The van der Waals surface area contributed by atoms with Crippen molar-refractivity contribution in [3.8, 4) is 11.5 Å². The number of carbonyl (C=O) groups is 1. The number of hydrogen-bond donors (Lipinski definition) is 1. The predicted molar refractivity (Wildman–Crippen MR) is 127 cm³/mol. The van der Waals surface area contributed by atoms with E-state index in [1.165, 1.54) is 44.7 Å². The summed E-state index contributed by atoms with van der Waals surface area (Å²) >= 11 is 3.33. The van der Waals surface area contributed by atoms with Crippen LogP contribution in [-0.2, 0) is 14.8 Å². The summed E-state index contributed by atoms with van der Waals surface area (Å²) in [6.07, 6.45) is 1.32. The average Bonchev–Trinajstić information content (AvgIpc) is 3.14. The molecule has 0 saturated carbocycles. The molecule has 1 heterocycles. The lowest BCUT2D eigenvalue weighted by Crippen LogP contribution is -2.39. The summed E-state index contributed by atoms with van der Waals surface area (Å²) in [5, 5.41) is 3.86. The molecule has 0 fully saturated rings. The van der Waals surface area contributed by atoms with Crippen molar-refractivity contribution >= 4 is 43.8 Å². The van der Waals surface area contributed by atoms with Crippen molar-refractivity contribution < 1.29 is 27.1 Å². The Morgan fingerprint density at radius 2 is 1.88 bits per heavy atom. The lowest BCUT2D eigenvalue weighted by molar-refractivity contribution is -0.119. The molecule has 0 unspecified atom stereocenters. The highest BCUT2D eigenvalue weighted by molar-refractivity contribution is 9.10. The van der Waals surface area contributed by atoms with Crippen molar-refractivity contribution in [2.24, 2.45) is 5.10 Å². The maximum atomic E-state index is 13.4. The van der Waals surface area contributed by atoms with Crippen LogP contribution in [0.15, 0.2) is 73.5 Å². The van der Waals surface area contributed by atoms with Crippen LogP contribution in [0, 0.1) is 6.92 Å². The van der Waals surface area contributed by atoms with Crippen LogP contribution in [0.25, 0.3) is 0 Å². The molecule has 1 N–H and O–H groups in total. The van der Waals surface area contributed by atoms with Crippen LogP contribution < -0.4 is 19.2 Å². The summed E-state index contributed by atoms with van der Waals surface area (Å²) in [7, 11) is -1.22. The number of furan rings is 1. The number of carbonyl (C=O) groups excluding carboxylic acids is 1. The second-order valence-corrected chi connectivity index (χ2v) is 9.43. The number of anilines is 1. The average molecular weight is 536 g/mol. The minimum atomic E-state index is -4.11. The summed E-state index contributed by atoms with van der Waals surface area (Å²) in [5.41, 5.74) is 2.50. The molecule has 174 valence electrons. The van der Waals surface area contributed by atoms with E-state index in [9.17, 15) is 13.2 Å². The molecule has 0 spiro atoms. The van der Waals surface area contributed by atoms with E-state index in [2.05, 4.69) is 26.5 Å². The number of nitrogens with one attached hydrogen (secondary N) is 1. The van der Waals surface area contributed by atoms with Crippen LogP contribution in [-0.4, -0.2) is 41.3 Å². The zero-order chi connectivity index (χ0) is 24.0. The summed E-state index contributed by atoms with van der Waals surface area (Å²) in [5.74, 6) is 1.12. The zero-order valence-corrected chi connectivity index (χ0v) is 20.5. The summed E-state index contributed by atoms with van der Waals surface area (Å²) in [4.78, 5) is 12.7. The summed E-state index contributed by atoms with van der Waals surface area (Å²) < 4.78 is 44.6. The molecule has 3 aromatic rings. The van der Waals surface area contributed by atoms with Gasteiger partial charge < -0.3 is 13.9 Å². The number of rotatable bonds is 9. The molecule has 11 heteroatoms. The SMILES string of the molecule is COc1ccc(N(CC(=O)N/N=C/c2cc(Br)c(C)o2)S(=O)(=O)c2ccccc2)c(OC)c1. The van der Waals surface area contributed by atoms with Gasteiger partial charge in [-0.3, -0.25) is 9.10 Å². The molecular formula is C22H22BrN3O6S. The molecule has 0 aliphatic rings. The number of nitrogens with zero attached hydrogens (tertiary/aromatic N) is 2. The molecule has 3 rings (SSSR count). The van der Waals surface area contributed by atoms with Gasteiger partial charge in [0, 0.05) is 12.1 Å².